The van der Waals surface area contributed by atoms with Crippen molar-refractivity contribution in [2.24, 2.45) is 0 Å². The maximum atomic E-state index is 13.0. The maximum absolute atomic E-state index is 13.0. The van der Waals surface area contributed by atoms with Gasteiger partial charge in [-0.1, -0.05) is 6.92 Å². The smallest absolute Gasteiger partial charge is 0.160 e. The highest BCUT2D eigenvalue weighted by Crippen LogP contribution is 2.14. The van der Waals surface area contributed by atoms with Crippen molar-refractivity contribution in [2.45, 2.75) is 26.4 Å². The summed E-state index contributed by atoms with van der Waals surface area (Å²) in [5.41, 5.74) is 1.57. The molecule has 18 heavy (non-hydrogen) atoms. The molecule has 0 saturated heterocycles. The van der Waals surface area contributed by atoms with Crippen LogP contribution in [0.4, 0.5) is 14.5 Å². The normalized spacial score (nSPS) is 10.6. The second-order valence-electron chi connectivity index (χ2n) is 4.06. The van der Waals surface area contributed by atoms with Crippen LogP contribution in [0.2, 0.25) is 0 Å². The molecule has 1 heterocycles. The Morgan fingerprint density at radius 1 is 1.28 bits per heavy atom. The van der Waals surface area contributed by atoms with Gasteiger partial charge in [-0.2, -0.15) is 0 Å². The molecule has 0 aliphatic heterocycles. The van der Waals surface area contributed by atoms with Crippen LogP contribution in [0.5, 0.6) is 0 Å². The van der Waals surface area contributed by atoms with Crippen molar-refractivity contribution < 1.29 is 8.78 Å². The van der Waals surface area contributed by atoms with E-state index in [0.29, 0.717) is 12.2 Å². The number of anilines is 1. The van der Waals surface area contributed by atoms with Crippen LogP contribution in [0, 0.1) is 11.6 Å². The predicted molar refractivity (Wildman–Crippen MR) is 66.2 cm³/mol. The average Bonchev–Trinajstić information content (AvgIpc) is 2.79. The summed E-state index contributed by atoms with van der Waals surface area (Å²) < 4.78 is 27.8. The fraction of sp³-hybridized carbons (Fsp3) is 0.308. The van der Waals surface area contributed by atoms with Crippen molar-refractivity contribution in [3.05, 3.63) is 48.1 Å². The van der Waals surface area contributed by atoms with E-state index < -0.39 is 11.6 Å². The molecule has 2 aromatic rings. The molecule has 1 N–H and O–H groups in total. The lowest BCUT2D eigenvalue weighted by Gasteiger charge is -2.09. The Labute approximate surface area is 104 Å². The van der Waals surface area contributed by atoms with Crippen molar-refractivity contribution in [1.29, 1.82) is 0 Å². The Morgan fingerprint density at radius 3 is 2.83 bits per heavy atom. The Morgan fingerprint density at radius 2 is 2.11 bits per heavy atom. The minimum Gasteiger partial charge on any atom is -0.379 e. The van der Waals surface area contributed by atoms with Gasteiger partial charge in [-0.05, 0) is 18.6 Å². The van der Waals surface area contributed by atoms with Crippen LogP contribution in [0.3, 0.4) is 0 Å². The summed E-state index contributed by atoms with van der Waals surface area (Å²) in [6.07, 6.45) is 4.56. The Bertz CT molecular complexity index is 523. The zero-order valence-corrected chi connectivity index (χ0v) is 10.2. The van der Waals surface area contributed by atoms with Crippen LogP contribution in [0.1, 0.15) is 19.0 Å². The van der Waals surface area contributed by atoms with E-state index in [1.807, 2.05) is 4.57 Å². The fourth-order valence-electron chi connectivity index (χ4n) is 1.74. The van der Waals surface area contributed by atoms with Crippen LogP contribution < -0.4 is 5.32 Å². The van der Waals surface area contributed by atoms with E-state index in [9.17, 15) is 8.78 Å². The average molecular weight is 251 g/mol. The second kappa shape index (κ2) is 5.62. The summed E-state index contributed by atoms with van der Waals surface area (Å²) in [5.74, 6) is -1.68. The molecule has 3 nitrogen and oxygen atoms in total. The molecule has 0 aliphatic carbocycles. The topological polar surface area (TPSA) is 29.9 Å². The van der Waals surface area contributed by atoms with E-state index in [0.717, 1.165) is 30.8 Å². The highest BCUT2D eigenvalue weighted by Gasteiger charge is 2.04. The van der Waals surface area contributed by atoms with Gasteiger partial charge in [0.25, 0.3) is 0 Å². The summed E-state index contributed by atoms with van der Waals surface area (Å²) >= 11 is 0. The van der Waals surface area contributed by atoms with Gasteiger partial charge < -0.3 is 9.88 Å². The molecule has 5 heteroatoms. The zero-order valence-electron chi connectivity index (χ0n) is 10.2. The van der Waals surface area contributed by atoms with Gasteiger partial charge in [-0.25, -0.2) is 13.8 Å². The molecule has 96 valence electrons. The molecule has 0 amide bonds. The van der Waals surface area contributed by atoms with Crippen LogP contribution in [0.15, 0.2) is 30.7 Å². The number of benzene rings is 1. The van der Waals surface area contributed by atoms with Crippen LogP contribution in [0.25, 0.3) is 0 Å². The third-order valence-electron chi connectivity index (χ3n) is 2.66. The number of rotatable bonds is 5. The highest BCUT2D eigenvalue weighted by atomic mass is 19.2. The number of aryl methyl sites for hydroxylation is 1. The molecule has 0 atom stereocenters. The van der Waals surface area contributed by atoms with E-state index in [1.54, 1.807) is 12.5 Å². The molecule has 1 aromatic carbocycles. The largest absolute Gasteiger partial charge is 0.379 e. The van der Waals surface area contributed by atoms with Crippen LogP contribution >= 0.6 is 0 Å². The molecule has 0 spiro atoms. The first-order valence-electron chi connectivity index (χ1n) is 5.88. The van der Waals surface area contributed by atoms with Gasteiger partial charge in [-0.3, -0.25) is 0 Å². The SMILES string of the molecule is CCCn1cncc1CNc1ccc(F)c(F)c1. The number of aromatic nitrogens is 2. The number of imidazole rings is 1. The van der Waals surface area contributed by atoms with Gasteiger partial charge in [0.15, 0.2) is 11.6 Å². The van der Waals surface area contributed by atoms with Crippen molar-refractivity contribution in [3.63, 3.8) is 0 Å². The van der Waals surface area contributed by atoms with Gasteiger partial charge in [0.1, 0.15) is 0 Å². The number of nitrogens with zero attached hydrogens (tertiary/aromatic N) is 2. The number of hydrogen-bond donors (Lipinski definition) is 1. The molecular weight excluding hydrogens is 236 g/mol. The highest BCUT2D eigenvalue weighted by molar-refractivity contribution is 5.43. The molecule has 0 radical (unpaired) electrons. The zero-order chi connectivity index (χ0) is 13.0. The third-order valence-corrected chi connectivity index (χ3v) is 2.66. The maximum Gasteiger partial charge on any atom is 0.160 e. The molecule has 0 unspecified atom stereocenters. The van der Waals surface area contributed by atoms with Gasteiger partial charge in [-0.15, -0.1) is 0 Å². The Balaban J connectivity index is 2.02. The minimum absolute atomic E-state index is 0.533. The summed E-state index contributed by atoms with van der Waals surface area (Å²) in [7, 11) is 0. The third kappa shape index (κ3) is 2.85. The monoisotopic (exact) mass is 251 g/mol. The van der Waals surface area contributed by atoms with Gasteiger partial charge in [0, 0.05) is 24.5 Å². The fourth-order valence-corrected chi connectivity index (χ4v) is 1.74. The van der Waals surface area contributed by atoms with Crippen molar-refractivity contribution in [1.82, 2.24) is 9.55 Å². The predicted octanol–water partition coefficient (Wildman–Crippen LogP) is 3.18. The number of halogens is 2. The summed E-state index contributed by atoms with van der Waals surface area (Å²) in [6.45, 7) is 3.52. The van der Waals surface area contributed by atoms with E-state index >= 15 is 0 Å². The first-order valence-corrected chi connectivity index (χ1v) is 5.88. The first-order chi connectivity index (χ1) is 8.70. The lowest BCUT2D eigenvalue weighted by molar-refractivity contribution is 0.509. The van der Waals surface area contributed by atoms with Gasteiger partial charge >= 0.3 is 0 Å². The molecule has 0 saturated carbocycles. The minimum atomic E-state index is -0.845. The molecule has 0 bridgehead atoms. The van der Waals surface area contributed by atoms with Crippen molar-refractivity contribution >= 4 is 5.69 Å². The van der Waals surface area contributed by atoms with Crippen molar-refractivity contribution in [3.8, 4) is 0 Å². The Hall–Kier alpha value is -1.91. The van der Waals surface area contributed by atoms with Gasteiger partial charge in [0.05, 0.1) is 18.6 Å². The summed E-state index contributed by atoms with van der Waals surface area (Å²) in [6, 6.07) is 3.77. The quantitative estimate of drug-likeness (QED) is 0.884. The lowest BCUT2D eigenvalue weighted by Crippen LogP contribution is -2.07. The van der Waals surface area contributed by atoms with E-state index in [1.165, 1.54) is 6.07 Å². The van der Waals surface area contributed by atoms with Gasteiger partial charge in [0.2, 0.25) is 0 Å². The molecule has 0 fully saturated rings. The molecular formula is C13H15F2N3. The number of hydrogen-bond acceptors (Lipinski definition) is 2. The summed E-state index contributed by atoms with van der Waals surface area (Å²) in [4.78, 5) is 4.07. The van der Waals surface area contributed by atoms with E-state index in [4.69, 9.17) is 0 Å². The van der Waals surface area contributed by atoms with Crippen molar-refractivity contribution in [2.75, 3.05) is 5.32 Å². The first kappa shape index (κ1) is 12.5. The lowest BCUT2D eigenvalue weighted by atomic mass is 10.3. The summed E-state index contributed by atoms with van der Waals surface area (Å²) in [5, 5.41) is 3.05. The molecule has 2 rings (SSSR count). The molecule has 1 aromatic heterocycles. The Kier molecular flexibility index (Phi) is 3.92. The van der Waals surface area contributed by atoms with Crippen LogP contribution in [-0.4, -0.2) is 9.55 Å². The molecule has 0 aliphatic rings. The second-order valence-corrected chi connectivity index (χ2v) is 4.06. The van der Waals surface area contributed by atoms with Crippen LogP contribution in [-0.2, 0) is 13.1 Å². The standard InChI is InChI=1S/C13H15F2N3/c1-2-5-18-9-16-7-11(18)8-17-10-3-4-12(14)13(15)6-10/h3-4,6-7,9,17H,2,5,8H2,1H3. The van der Waals surface area contributed by atoms with E-state index in [-0.39, 0.29) is 0 Å². The van der Waals surface area contributed by atoms with E-state index in [2.05, 4.69) is 17.2 Å². The number of nitrogens with one attached hydrogen (secondary N) is 1.